The number of nitrogens with one attached hydrogen (secondary N) is 1. The number of H-pyrrole nitrogens is 1. The lowest BCUT2D eigenvalue weighted by molar-refractivity contribution is -0.134. The molecule has 3 N–H and O–H groups in total. The summed E-state index contributed by atoms with van der Waals surface area (Å²) in [6, 6.07) is 7.17. The van der Waals surface area contributed by atoms with Gasteiger partial charge in [-0.1, -0.05) is 6.07 Å². The van der Waals surface area contributed by atoms with Crippen molar-refractivity contribution in [2.45, 2.75) is 25.4 Å². The van der Waals surface area contributed by atoms with E-state index in [2.05, 4.69) is 20.2 Å². The fourth-order valence-corrected chi connectivity index (χ4v) is 3.92. The maximum Gasteiger partial charge on any atom is 0.272 e. The number of pyridine rings is 1. The van der Waals surface area contributed by atoms with Gasteiger partial charge >= 0.3 is 0 Å². The van der Waals surface area contributed by atoms with E-state index in [0.717, 1.165) is 11.3 Å². The minimum Gasteiger partial charge on any atom is -0.382 e. The summed E-state index contributed by atoms with van der Waals surface area (Å²) >= 11 is 0. The molecule has 0 aliphatic carbocycles. The third-order valence-electron chi connectivity index (χ3n) is 5.19. The van der Waals surface area contributed by atoms with Crippen molar-refractivity contribution in [2.24, 2.45) is 0 Å². The minimum atomic E-state index is -2.75. The molecular weight excluding hydrogens is 402 g/mol. The van der Waals surface area contributed by atoms with E-state index in [-0.39, 0.29) is 18.2 Å². The molecule has 3 aromatic heterocycles. The molecule has 1 aromatic carbocycles. The summed E-state index contributed by atoms with van der Waals surface area (Å²) in [6.45, 7) is -1.43. The third kappa shape index (κ3) is 3.15. The molecule has 156 valence electrons. The second-order valence-electron chi connectivity index (χ2n) is 7.43. The molecule has 1 aliphatic heterocycles. The first-order valence-corrected chi connectivity index (χ1v) is 9.27. The quantitative estimate of drug-likeness (QED) is 0.485. The van der Waals surface area contributed by atoms with E-state index in [1.165, 1.54) is 9.47 Å². The van der Waals surface area contributed by atoms with Crippen LogP contribution in [0, 0.1) is 0 Å². The second-order valence-corrected chi connectivity index (χ2v) is 7.43. The predicted molar refractivity (Wildman–Crippen MR) is 103 cm³/mol. The number of fused-ring (bicyclic) bond motifs is 3. The molecule has 0 unspecified atom stereocenters. The highest BCUT2D eigenvalue weighted by atomic mass is 19.3. The largest absolute Gasteiger partial charge is 0.382 e. The van der Waals surface area contributed by atoms with Gasteiger partial charge in [-0.05, 0) is 18.2 Å². The van der Waals surface area contributed by atoms with Crippen LogP contribution in [0.25, 0.3) is 33.2 Å². The second kappa shape index (κ2) is 6.66. The number of hydrogen-bond donors (Lipinski definition) is 2. The van der Waals surface area contributed by atoms with Gasteiger partial charge < -0.3 is 10.3 Å². The van der Waals surface area contributed by atoms with Crippen molar-refractivity contribution in [3.05, 3.63) is 36.3 Å². The minimum absolute atomic E-state index is 0.0319. The number of aromatic amines is 1. The van der Waals surface area contributed by atoms with Crippen LogP contribution in [0.1, 0.15) is 5.82 Å². The molecule has 11 heteroatoms. The van der Waals surface area contributed by atoms with Crippen molar-refractivity contribution in [3.8, 4) is 11.3 Å². The van der Waals surface area contributed by atoms with Crippen LogP contribution in [0.15, 0.2) is 30.5 Å². The molecule has 0 saturated carbocycles. The van der Waals surface area contributed by atoms with Crippen LogP contribution in [0.3, 0.4) is 0 Å². The van der Waals surface area contributed by atoms with E-state index >= 15 is 0 Å². The lowest BCUT2D eigenvalue weighted by atomic mass is 10.1. The lowest BCUT2D eigenvalue weighted by Gasteiger charge is -2.38. The molecule has 0 radical (unpaired) electrons. The van der Waals surface area contributed by atoms with Crippen molar-refractivity contribution < 1.29 is 17.6 Å². The molecule has 30 heavy (non-hydrogen) atoms. The summed E-state index contributed by atoms with van der Waals surface area (Å²) in [4.78, 5) is 10.3. The predicted octanol–water partition coefficient (Wildman–Crippen LogP) is 3.27. The zero-order chi connectivity index (χ0) is 21.0. The van der Waals surface area contributed by atoms with Crippen LogP contribution in [-0.2, 0) is 13.1 Å². The van der Waals surface area contributed by atoms with Gasteiger partial charge in [0.05, 0.1) is 42.9 Å². The summed E-state index contributed by atoms with van der Waals surface area (Å²) < 4.78 is 54.5. The average molecular weight is 419 g/mol. The number of nitrogens with two attached hydrogens (primary N) is 1. The Morgan fingerprint density at radius 3 is 2.63 bits per heavy atom. The van der Waals surface area contributed by atoms with Crippen molar-refractivity contribution >= 4 is 27.8 Å². The molecule has 0 amide bonds. The maximum atomic E-state index is 13.4. The molecule has 4 heterocycles. The Hall–Kier alpha value is -3.21. The number of nitrogen functional groups attached to an aromatic ring is 1. The lowest BCUT2D eigenvalue weighted by Crippen LogP contribution is -2.55. The van der Waals surface area contributed by atoms with Crippen molar-refractivity contribution in [2.75, 3.05) is 18.8 Å². The van der Waals surface area contributed by atoms with E-state index in [1.54, 1.807) is 24.4 Å². The van der Waals surface area contributed by atoms with Gasteiger partial charge in [0.2, 0.25) is 0 Å². The molecule has 5 rings (SSSR count). The Morgan fingerprint density at radius 2 is 1.97 bits per heavy atom. The number of rotatable bonds is 5. The smallest absolute Gasteiger partial charge is 0.272 e. The Balaban J connectivity index is 1.66. The normalized spacial score (nSPS) is 16.6. The number of halogens is 4. The number of nitrogens with zero attached hydrogens (tertiary/aromatic N) is 5. The molecule has 0 atom stereocenters. The molecule has 0 spiro atoms. The number of anilines is 1. The van der Waals surface area contributed by atoms with Gasteiger partial charge in [0, 0.05) is 17.1 Å². The zero-order valence-corrected chi connectivity index (χ0v) is 15.6. The Morgan fingerprint density at radius 1 is 1.17 bits per heavy atom. The Kier molecular flexibility index (Phi) is 4.17. The molecular formula is C19H17F4N7. The van der Waals surface area contributed by atoms with Crippen molar-refractivity contribution in [1.29, 1.82) is 0 Å². The number of benzene rings is 1. The fraction of sp³-hybridized carbons (Fsp3) is 0.316. The topological polar surface area (TPSA) is 88.7 Å². The van der Waals surface area contributed by atoms with Crippen LogP contribution < -0.4 is 5.73 Å². The van der Waals surface area contributed by atoms with Crippen LogP contribution in [-0.4, -0.2) is 55.1 Å². The van der Waals surface area contributed by atoms with E-state index in [1.807, 2.05) is 6.07 Å². The van der Waals surface area contributed by atoms with Gasteiger partial charge in [0.1, 0.15) is 11.3 Å². The summed E-state index contributed by atoms with van der Waals surface area (Å²) in [6.07, 6.45) is -1.03. The summed E-state index contributed by atoms with van der Waals surface area (Å²) in [7, 11) is 0. The molecule has 1 fully saturated rings. The van der Waals surface area contributed by atoms with E-state index in [4.69, 9.17) is 5.73 Å². The van der Waals surface area contributed by atoms with Crippen LogP contribution in [0.5, 0.6) is 0 Å². The first-order chi connectivity index (χ1) is 14.3. The summed E-state index contributed by atoms with van der Waals surface area (Å²) in [5, 5.41) is 7.39. The fourth-order valence-electron chi connectivity index (χ4n) is 3.92. The third-order valence-corrected chi connectivity index (χ3v) is 5.19. The molecule has 0 bridgehead atoms. The molecule has 1 aliphatic rings. The first kappa shape index (κ1) is 18.8. The molecule has 1 saturated heterocycles. The first-order valence-electron chi connectivity index (χ1n) is 9.27. The van der Waals surface area contributed by atoms with Crippen molar-refractivity contribution in [1.82, 2.24) is 29.6 Å². The van der Waals surface area contributed by atoms with Gasteiger partial charge in [-0.15, -0.1) is 0 Å². The highest BCUT2D eigenvalue weighted by Gasteiger charge is 2.44. The zero-order valence-electron chi connectivity index (χ0n) is 15.6. The van der Waals surface area contributed by atoms with Gasteiger partial charge in [-0.3, -0.25) is 10.00 Å². The van der Waals surface area contributed by atoms with E-state index in [0.29, 0.717) is 21.9 Å². The molecule has 4 aromatic rings. The van der Waals surface area contributed by atoms with E-state index < -0.39 is 32.0 Å². The number of hydrogen-bond acceptors (Lipinski definition) is 5. The van der Waals surface area contributed by atoms with E-state index in [9.17, 15) is 17.6 Å². The van der Waals surface area contributed by atoms with Gasteiger partial charge in [-0.25, -0.2) is 27.5 Å². The van der Waals surface area contributed by atoms with Crippen LogP contribution in [0.4, 0.5) is 23.4 Å². The number of aromatic nitrogens is 5. The van der Waals surface area contributed by atoms with Crippen LogP contribution >= 0.6 is 0 Å². The van der Waals surface area contributed by atoms with Crippen molar-refractivity contribution in [3.63, 3.8) is 0 Å². The number of alkyl halides is 4. The standard InChI is InChI=1S/C19H17F4N7/c20-14(21)6-30-15(7-29-8-19(22,23)9-29)27-16-17(30)11-2-1-10(12-3-4-25-28-12)5-13(11)26-18(16)24/h1-5,14H,6-9H2,(H2,24,26)(H,25,28). The Bertz CT molecular complexity index is 1230. The SMILES string of the molecule is Nc1nc2cc(-c3ccn[nH]3)ccc2c2c1nc(CN1CC(F)(F)C1)n2CC(F)F. The van der Waals surface area contributed by atoms with Gasteiger partial charge in [0.25, 0.3) is 12.3 Å². The number of imidazole rings is 1. The van der Waals surface area contributed by atoms with Crippen LogP contribution in [0.2, 0.25) is 0 Å². The average Bonchev–Trinajstić information content (AvgIpc) is 3.29. The Labute approximate surface area is 167 Å². The highest BCUT2D eigenvalue weighted by Crippen LogP contribution is 2.33. The number of likely N-dealkylation sites (tertiary alicyclic amines) is 1. The highest BCUT2D eigenvalue weighted by molar-refractivity contribution is 6.07. The van der Waals surface area contributed by atoms with Gasteiger partial charge in [-0.2, -0.15) is 5.10 Å². The molecule has 7 nitrogen and oxygen atoms in total. The van der Waals surface area contributed by atoms with Gasteiger partial charge in [0.15, 0.2) is 5.82 Å². The summed E-state index contributed by atoms with van der Waals surface area (Å²) in [5.41, 5.74) is 8.92. The maximum absolute atomic E-state index is 13.4. The monoisotopic (exact) mass is 419 g/mol. The summed E-state index contributed by atoms with van der Waals surface area (Å²) in [5.74, 6) is -2.39.